The van der Waals surface area contributed by atoms with Crippen molar-refractivity contribution in [3.63, 3.8) is 0 Å². The SMILES string of the molecule is COc1ccc(-c2cc(C#N)c(OC)cn2)cc1Br. The number of halogens is 1. The van der Waals surface area contributed by atoms with Crippen LogP contribution in [0.25, 0.3) is 11.3 Å². The van der Waals surface area contributed by atoms with Crippen LogP contribution in [0, 0.1) is 11.3 Å². The number of ether oxygens (including phenoxy) is 2. The van der Waals surface area contributed by atoms with Crippen LogP contribution in [0.1, 0.15) is 5.56 Å². The third kappa shape index (κ3) is 2.69. The Balaban J connectivity index is 2.48. The number of hydrogen-bond acceptors (Lipinski definition) is 4. The summed E-state index contributed by atoms with van der Waals surface area (Å²) in [5, 5.41) is 9.07. The van der Waals surface area contributed by atoms with Crippen LogP contribution in [0.4, 0.5) is 0 Å². The van der Waals surface area contributed by atoms with E-state index < -0.39 is 0 Å². The average Bonchev–Trinajstić information content (AvgIpc) is 2.46. The zero-order valence-corrected chi connectivity index (χ0v) is 12.1. The van der Waals surface area contributed by atoms with Gasteiger partial charge in [0.05, 0.1) is 36.1 Å². The van der Waals surface area contributed by atoms with E-state index >= 15 is 0 Å². The number of pyridine rings is 1. The van der Waals surface area contributed by atoms with Crippen LogP contribution in [0.15, 0.2) is 34.9 Å². The van der Waals surface area contributed by atoms with Crippen LogP contribution in [0.2, 0.25) is 0 Å². The minimum absolute atomic E-state index is 0.458. The van der Waals surface area contributed by atoms with Crippen molar-refractivity contribution in [1.82, 2.24) is 4.98 Å². The highest BCUT2D eigenvalue weighted by Crippen LogP contribution is 2.31. The molecular formula is C14H11BrN2O2. The van der Waals surface area contributed by atoms with Gasteiger partial charge in [0.2, 0.25) is 0 Å². The second kappa shape index (κ2) is 5.72. The summed E-state index contributed by atoms with van der Waals surface area (Å²) in [6, 6.07) is 9.42. The zero-order valence-electron chi connectivity index (χ0n) is 10.5. The number of hydrogen-bond donors (Lipinski definition) is 0. The Kier molecular flexibility index (Phi) is 4.03. The Morgan fingerprint density at radius 2 is 1.89 bits per heavy atom. The third-order valence-corrected chi connectivity index (χ3v) is 3.28. The first kappa shape index (κ1) is 13.4. The van der Waals surface area contributed by atoms with Crippen molar-refractivity contribution < 1.29 is 9.47 Å². The van der Waals surface area contributed by atoms with E-state index in [0.717, 1.165) is 15.8 Å². The van der Waals surface area contributed by atoms with Gasteiger partial charge in [-0.15, -0.1) is 0 Å². The van der Waals surface area contributed by atoms with Gasteiger partial charge in [0.1, 0.15) is 11.8 Å². The molecule has 0 atom stereocenters. The molecule has 4 nitrogen and oxygen atoms in total. The number of nitriles is 1. The summed E-state index contributed by atoms with van der Waals surface area (Å²) in [5.74, 6) is 1.22. The van der Waals surface area contributed by atoms with E-state index in [2.05, 4.69) is 27.0 Å². The van der Waals surface area contributed by atoms with E-state index in [-0.39, 0.29) is 0 Å². The largest absolute Gasteiger partial charge is 0.496 e. The fourth-order valence-electron chi connectivity index (χ4n) is 1.68. The lowest BCUT2D eigenvalue weighted by atomic mass is 10.1. The van der Waals surface area contributed by atoms with Gasteiger partial charge in [-0.05, 0) is 40.2 Å². The van der Waals surface area contributed by atoms with Gasteiger partial charge in [-0.1, -0.05) is 0 Å². The number of benzene rings is 1. The minimum Gasteiger partial charge on any atom is -0.496 e. The molecule has 1 aromatic carbocycles. The molecule has 0 aliphatic heterocycles. The van der Waals surface area contributed by atoms with Gasteiger partial charge >= 0.3 is 0 Å². The first-order valence-corrected chi connectivity index (χ1v) is 6.27. The van der Waals surface area contributed by atoms with E-state index in [1.165, 1.54) is 7.11 Å². The van der Waals surface area contributed by atoms with Gasteiger partial charge in [0.15, 0.2) is 5.75 Å². The average molecular weight is 319 g/mol. The molecule has 1 aromatic heterocycles. The predicted octanol–water partition coefficient (Wildman–Crippen LogP) is 3.40. The number of aromatic nitrogens is 1. The zero-order chi connectivity index (χ0) is 13.8. The maximum absolute atomic E-state index is 9.07. The summed E-state index contributed by atoms with van der Waals surface area (Å²) in [7, 11) is 3.13. The molecule has 0 radical (unpaired) electrons. The van der Waals surface area contributed by atoms with Gasteiger partial charge in [-0.3, -0.25) is 4.98 Å². The Hall–Kier alpha value is -2.06. The topological polar surface area (TPSA) is 55.1 Å². The minimum atomic E-state index is 0.458. The second-order valence-electron chi connectivity index (χ2n) is 3.73. The Labute approximate surface area is 119 Å². The standard InChI is InChI=1S/C14H11BrN2O2/c1-18-13-4-3-9(5-11(13)15)12-6-10(7-16)14(19-2)8-17-12/h3-6,8H,1-2H3. The molecule has 5 heteroatoms. The fourth-order valence-corrected chi connectivity index (χ4v) is 2.22. The fraction of sp³-hybridized carbons (Fsp3) is 0.143. The molecule has 0 aliphatic rings. The smallest absolute Gasteiger partial charge is 0.154 e. The monoisotopic (exact) mass is 318 g/mol. The van der Waals surface area contributed by atoms with E-state index in [4.69, 9.17) is 14.7 Å². The summed E-state index contributed by atoms with van der Waals surface area (Å²) >= 11 is 3.43. The van der Waals surface area contributed by atoms with Crippen molar-refractivity contribution in [2.75, 3.05) is 14.2 Å². The summed E-state index contributed by atoms with van der Waals surface area (Å²) in [5.41, 5.74) is 2.06. The molecule has 0 N–H and O–H groups in total. The van der Waals surface area contributed by atoms with Crippen molar-refractivity contribution in [3.05, 3.63) is 40.5 Å². The molecule has 0 spiro atoms. The van der Waals surface area contributed by atoms with Crippen LogP contribution in [0.3, 0.4) is 0 Å². The quantitative estimate of drug-likeness (QED) is 0.870. The molecule has 0 aliphatic carbocycles. The molecule has 0 bridgehead atoms. The normalized spacial score (nSPS) is 9.79. The number of methoxy groups -OCH3 is 2. The lowest BCUT2D eigenvalue weighted by molar-refractivity contribution is 0.411. The van der Waals surface area contributed by atoms with Crippen molar-refractivity contribution >= 4 is 15.9 Å². The van der Waals surface area contributed by atoms with Crippen LogP contribution in [-0.4, -0.2) is 19.2 Å². The highest BCUT2D eigenvalue weighted by Gasteiger charge is 2.08. The van der Waals surface area contributed by atoms with Gasteiger partial charge in [0, 0.05) is 5.56 Å². The van der Waals surface area contributed by atoms with Gasteiger partial charge in [0.25, 0.3) is 0 Å². The lowest BCUT2D eigenvalue weighted by Crippen LogP contribution is -1.92. The Morgan fingerprint density at radius 3 is 2.47 bits per heavy atom. The third-order valence-electron chi connectivity index (χ3n) is 2.66. The van der Waals surface area contributed by atoms with Crippen LogP contribution >= 0.6 is 15.9 Å². The molecule has 19 heavy (non-hydrogen) atoms. The number of rotatable bonds is 3. The van der Waals surface area contributed by atoms with Crippen LogP contribution in [0.5, 0.6) is 11.5 Å². The molecule has 0 saturated carbocycles. The first-order valence-electron chi connectivity index (χ1n) is 5.47. The maximum Gasteiger partial charge on any atom is 0.154 e. The molecule has 0 unspecified atom stereocenters. The van der Waals surface area contributed by atoms with E-state index in [1.807, 2.05) is 18.2 Å². The van der Waals surface area contributed by atoms with Crippen molar-refractivity contribution in [1.29, 1.82) is 5.26 Å². The molecular weight excluding hydrogens is 308 g/mol. The van der Waals surface area contributed by atoms with Crippen LogP contribution in [-0.2, 0) is 0 Å². The molecule has 96 valence electrons. The second-order valence-corrected chi connectivity index (χ2v) is 4.59. The summed E-state index contributed by atoms with van der Waals surface area (Å²) in [6.45, 7) is 0. The lowest BCUT2D eigenvalue weighted by Gasteiger charge is -2.07. The van der Waals surface area contributed by atoms with Crippen molar-refractivity contribution in [2.24, 2.45) is 0 Å². The Morgan fingerprint density at radius 1 is 1.16 bits per heavy atom. The predicted molar refractivity (Wildman–Crippen MR) is 75.2 cm³/mol. The molecule has 2 rings (SSSR count). The maximum atomic E-state index is 9.07. The Bertz CT molecular complexity index is 650. The summed E-state index contributed by atoms with van der Waals surface area (Å²) in [4.78, 5) is 4.29. The van der Waals surface area contributed by atoms with Crippen molar-refractivity contribution in [3.8, 4) is 28.8 Å². The van der Waals surface area contributed by atoms with Gasteiger partial charge in [-0.25, -0.2) is 0 Å². The highest BCUT2D eigenvalue weighted by atomic mass is 79.9. The van der Waals surface area contributed by atoms with E-state index in [9.17, 15) is 0 Å². The molecule has 0 fully saturated rings. The van der Waals surface area contributed by atoms with Gasteiger partial charge < -0.3 is 9.47 Å². The molecule has 0 saturated heterocycles. The summed E-state index contributed by atoms with van der Waals surface area (Å²) in [6.07, 6.45) is 1.55. The van der Waals surface area contributed by atoms with E-state index in [0.29, 0.717) is 17.0 Å². The highest BCUT2D eigenvalue weighted by molar-refractivity contribution is 9.10. The van der Waals surface area contributed by atoms with Crippen LogP contribution < -0.4 is 9.47 Å². The molecule has 2 aromatic rings. The first-order chi connectivity index (χ1) is 9.19. The number of nitrogens with zero attached hydrogens (tertiary/aromatic N) is 2. The molecule has 1 heterocycles. The summed E-state index contributed by atoms with van der Waals surface area (Å²) < 4.78 is 11.1. The van der Waals surface area contributed by atoms with E-state index in [1.54, 1.807) is 19.4 Å². The van der Waals surface area contributed by atoms with Crippen molar-refractivity contribution in [2.45, 2.75) is 0 Å². The molecule has 0 amide bonds. The van der Waals surface area contributed by atoms with Gasteiger partial charge in [-0.2, -0.15) is 5.26 Å².